The van der Waals surface area contributed by atoms with E-state index in [1.54, 1.807) is 6.42 Å². The molecule has 0 spiro atoms. The van der Waals surface area contributed by atoms with Crippen LogP contribution in [0, 0.1) is 6.42 Å². The van der Waals surface area contributed by atoms with Gasteiger partial charge in [-0.25, -0.2) is 0 Å². The molecule has 0 atom stereocenters. The van der Waals surface area contributed by atoms with Gasteiger partial charge in [0, 0.05) is 23.6 Å². The maximum Gasteiger partial charge on any atom is 0.249 e. The van der Waals surface area contributed by atoms with Gasteiger partial charge in [-0.05, 0) is 40.8 Å². The number of hydrogen-bond donors (Lipinski definition) is 3. The number of H-pyrrole nitrogens is 1. The Hall–Kier alpha value is -3.60. The third kappa shape index (κ3) is 3.99. The molecular weight excluding hydrogens is 362 g/mol. The van der Waals surface area contributed by atoms with Gasteiger partial charge in [0.05, 0.1) is 12.0 Å². The molecule has 1 radical (unpaired) electrons. The Labute approximate surface area is 168 Å². The van der Waals surface area contributed by atoms with Crippen molar-refractivity contribution in [2.75, 3.05) is 6.54 Å². The number of rotatable bonds is 7. The Balaban J connectivity index is 1.37. The third-order valence-corrected chi connectivity index (χ3v) is 5.14. The van der Waals surface area contributed by atoms with Crippen molar-refractivity contribution in [3.8, 4) is 0 Å². The first-order chi connectivity index (χ1) is 14.1. The van der Waals surface area contributed by atoms with Crippen molar-refractivity contribution < 1.29 is 9.59 Å². The molecule has 0 fully saturated rings. The van der Waals surface area contributed by atoms with Crippen molar-refractivity contribution in [1.82, 2.24) is 10.3 Å². The second-order valence-electron chi connectivity index (χ2n) is 6.99. The average Bonchev–Trinajstić information content (AvgIpc) is 3.14. The molecule has 0 bridgehead atoms. The van der Waals surface area contributed by atoms with E-state index < -0.39 is 5.91 Å². The highest BCUT2D eigenvalue weighted by Crippen LogP contribution is 2.23. The summed E-state index contributed by atoms with van der Waals surface area (Å²) in [5, 5.41) is 5.85. The van der Waals surface area contributed by atoms with Crippen molar-refractivity contribution >= 4 is 33.5 Å². The van der Waals surface area contributed by atoms with Crippen molar-refractivity contribution in [2.45, 2.75) is 12.8 Å². The Morgan fingerprint density at radius 3 is 2.52 bits per heavy atom. The predicted octanol–water partition coefficient (Wildman–Crippen LogP) is 3.53. The lowest BCUT2D eigenvalue weighted by molar-refractivity contribution is -0.117. The number of aromatic nitrogens is 1. The van der Waals surface area contributed by atoms with Gasteiger partial charge in [0.1, 0.15) is 0 Å². The number of primary amides is 1. The van der Waals surface area contributed by atoms with Crippen molar-refractivity contribution in [1.29, 1.82) is 0 Å². The van der Waals surface area contributed by atoms with Gasteiger partial charge in [0.25, 0.3) is 0 Å². The SMILES string of the molecule is NC(=O)c1c(C[CH]C(=O)NCCc2c[nH]c3ccccc23)ccc2ccccc12. The summed E-state index contributed by atoms with van der Waals surface area (Å²) in [5.41, 5.74) is 9.11. The highest BCUT2D eigenvalue weighted by atomic mass is 16.1. The van der Waals surface area contributed by atoms with Crippen molar-refractivity contribution in [3.63, 3.8) is 0 Å². The molecule has 0 saturated heterocycles. The van der Waals surface area contributed by atoms with Crippen LogP contribution < -0.4 is 11.1 Å². The van der Waals surface area contributed by atoms with Crippen LogP contribution in [-0.4, -0.2) is 23.3 Å². The lowest BCUT2D eigenvalue weighted by Gasteiger charge is -2.10. The van der Waals surface area contributed by atoms with Gasteiger partial charge < -0.3 is 16.0 Å². The van der Waals surface area contributed by atoms with Gasteiger partial charge in [-0.3, -0.25) is 9.59 Å². The Morgan fingerprint density at radius 2 is 1.69 bits per heavy atom. The van der Waals surface area contributed by atoms with Crippen LogP contribution in [0.25, 0.3) is 21.7 Å². The highest BCUT2D eigenvalue weighted by Gasteiger charge is 2.14. The number of amides is 2. The molecule has 5 nitrogen and oxygen atoms in total. The molecule has 0 aliphatic heterocycles. The fraction of sp³-hybridized carbons (Fsp3) is 0.125. The van der Waals surface area contributed by atoms with Gasteiger partial charge >= 0.3 is 0 Å². The third-order valence-electron chi connectivity index (χ3n) is 5.14. The number of benzene rings is 3. The van der Waals surface area contributed by atoms with E-state index in [-0.39, 0.29) is 5.91 Å². The quantitative estimate of drug-likeness (QED) is 0.455. The number of fused-ring (bicyclic) bond motifs is 2. The van der Waals surface area contributed by atoms with Gasteiger partial charge in [-0.15, -0.1) is 0 Å². The van der Waals surface area contributed by atoms with Gasteiger partial charge in [-0.1, -0.05) is 54.6 Å². The van der Waals surface area contributed by atoms with Crippen LogP contribution in [0.5, 0.6) is 0 Å². The minimum absolute atomic E-state index is 0.159. The smallest absolute Gasteiger partial charge is 0.249 e. The number of carbonyl (C=O) groups is 2. The maximum atomic E-state index is 12.3. The van der Waals surface area contributed by atoms with E-state index in [0.29, 0.717) is 18.5 Å². The summed E-state index contributed by atoms with van der Waals surface area (Å²) < 4.78 is 0. The van der Waals surface area contributed by atoms with Gasteiger partial charge in [0.15, 0.2) is 0 Å². The maximum absolute atomic E-state index is 12.3. The minimum Gasteiger partial charge on any atom is -0.366 e. The van der Waals surface area contributed by atoms with E-state index in [2.05, 4.69) is 16.4 Å². The second-order valence-corrected chi connectivity index (χ2v) is 6.99. The minimum atomic E-state index is -0.482. The summed E-state index contributed by atoms with van der Waals surface area (Å²) in [6, 6.07) is 19.5. The first-order valence-electron chi connectivity index (χ1n) is 9.60. The van der Waals surface area contributed by atoms with Crippen LogP contribution >= 0.6 is 0 Å². The zero-order chi connectivity index (χ0) is 20.2. The first-order valence-corrected chi connectivity index (χ1v) is 9.60. The van der Waals surface area contributed by atoms with Crippen molar-refractivity contribution in [2.24, 2.45) is 5.73 Å². The molecule has 4 aromatic rings. The summed E-state index contributed by atoms with van der Waals surface area (Å²) >= 11 is 0. The lowest BCUT2D eigenvalue weighted by Crippen LogP contribution is -2.26. The van der Waals surface area contributed by atoms with Crippen molar-refractivity contribution in [3.05, 3.63) is 90.0 Å². The van der Waals surface area contributed by atoms with E-state index >= 15 is 0 Å². The van der Waals surface area contributed by atoms with Crippen LogP contribution in [-0.2, 0) is 17.6 Å². The summed E-state index contributed by atoms with van der Waals surface area (Å²) in [6.45, 7) is 0.539. The standard InChI is InChI=1S/C24H22N3O2/c25-24(29)23-17(10-9-16-5-1-2-7-20(16)23)11-12-22(28)26-14-13-18-15-27-21-8-4-3-6-19(18)21/h1-10,12,15,27H,11,13-14H2,(H2,25,29)(H,26,28). The number of nitrogens with two attached hydrogens (primary N) is 1. The Kier molecular flexibility index (Phi) is 5.29. The van der Waals surface area contributed by atoms with E-state index in [9.17, 15) is 9.59 Å². The molecule has 1 heterocycles. The lowest BCUT2D eigenvalue weighted by atomic mass is 9.95. The summed E-state index contributed by atoms with van der Waals surface area (Å²) in [4.78, 5) is 27.5. The van der Waals surface area contributed by atoms with Crippen LogP contribution in [0.4, 0.5) is 0 Å². The topological polar surface area (TPSA) is 88.0 Å². The molecule has 0 aliphatic carbocycles. The Morgan fingerprint density at radius 1 is 0.931 bits per heavy atom. The molecule has 2 amide bonds. The number of para-hydroxylation sites is 1. The fourth-order valence-corrected chi connectivity index (χ4v) is 3.71. The highest BCUT2D eigenvalue weighted by molar-refractivity contribution is 6.07. The van der Waals surface area contributed by atoms with E-state index in [4.69, 9.17) is 5.73 Å². The summed E-state index contributed by atoms with van der Waals surface area (Å²) in [5.74, 6) is -0.640. The van der Waals surface area contributed by atoms with Crippen LogP contribution in [0.2, 0.25) is 0 Å². The summed E-state index contributed by atoms with van der Waals surface area (Å²) in [6.07, 6.45) is 4.63. The number of aromatic amines is 1. The molecular formula is C24H22N3O2. The van der Waals surface area contributed by atoms with Gasteiger partial charge in [-0.2, -0.15) is 0 Å². The van der Waals surface area contributed by atoms with E-state index in [1.165, 1.54) is 10.9 Å². The number of carbonyl (C=O) groups excluding carboxylic acids is 2. The molecule has 3 aromatic carbocycles. The molecule has 4 N–H and O–H groups in total. The molecule has 29 heavy (non-hydrogen) atoms. The largest absolute Gasteiger partial charge is 0.366 e. The zero-order valence-corrected chi connectivity index (χ0v) is 15.9. The molecule has 145 valence electrons. The molecule has 1 aromatic heterocycles. The molecule has 5 heteroatoms. The molecule has 0 saturated carbocycles. The van der Waals surface area contributed by atoms with Crippen LogP contribution in [0.15, 0.2) is 66.9 Å². The zero-order valence-electron chi connectivity index (χ0n) is 15.9. The van der Waals surface area contributed by atoms with Crippen LogP contribution in [0.1, 0.15) is 21.5 Å². The number of nitrogens with one attached hydrogen (secondary N) is 2. The van der Waals surface area contributed by atoms with E-state index in [1.807, 2.05) is 60.8 Å². The molecule has 0 unspecified atom stereocenters. The van der Waals surface area contributed by atoms with Crippen LogP contribution in [0.3, 0.4) is 0 Å². The van der Waals surface area contributed by atoms with E-state index in [0.717, 1.165) is 28.3 Å². The monoisotopic (exact) mass is 384 g/mol. The predicted molar refractivity (Wildman–Crippen MR) is 115 cm³/mol. The molecule has 4 rings (SSSR count). The average molecular weight is 384 g/mol. The summed E-state index contributed by atoms with van der Waals surface area (Å²) in [7, 11) is 0. The normalized spacial score (nSPS) is 11.0. The number of hydrogen-bond acceptors (Lipinski definition) is 2. The molecule has 0 aliphatic rings. The van der Waals surface area contributed by atoms with Gasteiger partial charge in [0.2, 0.25) is 11.8 Å². The first kappa shape index (κ1) is 18.7. The fourth-order valence-electron chi connectivity index (χ4n) is 3.71. The Bertz CT molecular complexity index is 1190. The second kappa shape index (κ2) is 8.19.